The number of rotatable bonds is 2. The summed E-state index contributed by atoms with van der Waals surface area (Å²) in [5, 5.41) is 3.22. The molecule has 4 aliphatic rings. The van der Waals surface area contributed by atoms with E-state index in [-0.39, 0.29) is 29.8 Å². The molecule has 4 rings (SSSR count). The summed E-state index contributed by atoms with van der Waals surface area (Å²) in [6.07, 6.45) is 6.63. The van der Waals surface area contributed by atoms with Crippen molar-refractivity contribution in [3.05, 3.63) is 0 Å². The van der Waals surface area contributed by atoms with Crippen LogP contribution in [0.3, 0.4) is 0 Å². The smallest absolute Gasteiger partial charge is 0.310 e. The van der Waals surface area contributed by atoms with E-state index in [1.165, 1.54) is 12.8 Å². The van der Waals surface area contributed by atoms with E-state index in [2.05, 4.69) is 12.2 Å². The average molecular weight is 277 g/mol. The first-order chi connectivity index (χ1) is 9.63. The number of fused-ring (bicyclic) bond motifs is 1. The first-order valence-corrected chi connectivity index (χ1v) is 8.14. The fraction of sp³-hybridized carbons (Fsp3) is 0.875. The van der Waals surface area contributed by atoms with Gasteiger partial charge in [-0.25, -0.2) is 0 Å². The molecule has 0 spiro atoms. The zero-order valence-electron chi connectivity index (χ0n) is 12.0. The fourth-order valence-corrected chi connectivity index (χ4v) is 5.07. The van der Waals surface area contributed by atoms with E-state index in [1.54, 1.807) is 0 Å². The molecule has 1 saturated heterocycles. The molecule has 110 valence electrons. The minimum Gasteiger partial charge on any atom is -0.462 e. The third-order valence-corrected chi connectivity index (χ3v) is 6.15. The summed E-state index contributed by atoms with van der Waals surface area (Å²) < 4.78 is 5.40. The van der Waals surface area contributed by atoms with Crippen LogP contribution in [0.5, 0.6) is 0 Å². The summed E-state index contributed by atoms with van der Waals surface area (Å²) in [5.41, 5.74) is 0. The van der Waals surface area contributed by atoms with Crippen molar-refractivity contribution in [3.63, 3.8) is 0 Å². The SMILES string of the molecule is CC1CCC(NC(=O)[C@@H]2[C@@H]3C[C@@H]4[C@@H]2C(=O)O[C@H]4C3)CC1. The van der Waals surface area contributed by atoms with E-state index in [1.807, 2.05) is 0 Å². The lowest BCUT2D eigenvalue weighted by atomic mass is 9.79. The molecule has 0 aromatic heterocycles. The number of esters is 1. The first kappa shape index (κ1) is 12.7. The summed E-state index contributed by atoms with van der Waals surface area (Å²) in [7, 11) is 0. The van der Waals surface area contributed by atoms with Crippen LogP contribution in [0, 0.1) is 29.6 Å². The highest BCUT2D eigenvalue weighted by Crippen LogP contribution is 2.57. The monoisotopic (exact) mass is 277 g/mol. The topological polar surface area (TPSA) is 55.4 Å². The second-order valence-electron chi connectivity index (χ2n) is 7.39. The Balaban J connectivity index is 1.43. The molecule has 4 nitrogen and oxygen atoms in total. The van der Waals surface area contributed by atoms with Crippen LogP contribution in [0.15, 0.2) is 0 Å². The van der Waals surface area contributed by atoms with Gasteiger partial charge in [-0.2, -0.15) is 0 Å². The van der Waals surface area contributed by atoms with Gasteiger partial charge in [0.2, 0.25) is 5.91 Å². The molecule has 1 amide bonds. The lowest BCUT2D eigenvalue weighted by Crippen LogP contribution is -2.45. The van der Waals surface area contributed by atoms with E-state index in [4.69, 9.17) is 4.74 Å². The van der Waals surface area contributed by atoms with Crippen LogP contribution in [0.25, 0.3) is 0 Å². The van der Waals surface area contributed by atoms with Crippen molar-refractivity contribution in [2.45, 2.75) is 57.6 Å². The van der Waals surface area contributed by atoms with Crippen LogP contribution in [-0.2, 0) is 14.3 Å². The Morgan fingerprint density at radius 2 is 1.95 bits per heavy atom. The van der Waals surface area contributed by atoms with Crippen molar-refractivity contribution < 1.29 is 14.3 Å². The largest absolute Gasteiger partial charge is 0.462 e. The molecule has 3 aliphatic carbocycles. The maximum atomic E-state index is 12.6. The summed E-state index contributed by atoms with van der Waals surface area (Å²) in [5.74, 6) is 1.26. The molecular formula is C16H23NO3. The van der Waals surface area contributed by atoms with Gasteiger partial charge >= 0.3 is 5.97 Å². The molecule has 0 aromatic rings. The van der Waals surface area contributed by atoms with Crippen molar-refractivity contribution in [2.24, 2.45) is 29.6 Å². The quantitative estimate of drug-likeness (QED) is 0.784. The van der Waals surface area contributed by atoms with Gasteiger partial charge in [-0.15, -0.1) is 0 Å². The van der Waals surface area contributed by atoms with Crippen molar-refractivity contribution >= 4 is 11.9 Å². The maximum Gasteiger partial charge on any atom is 0.310 e. The minimum atomic E-state index is -0.138. The van der Waals surface area contributed by atoms with Crippen LogP contribution < -0.4 is 5.32 Å². The molecule has 3 saturated carbocycles. The highest BCUT2D eigenvalue weighted by molar-refractivity contribution is 5.88. The van der Waals surface area contributed by atoms with Gasteiger partial charge in [-0.05, 0) is 50.4 Å². The summed E-state index contributed by atoms with van der Waals surface area (Å²) in [6.45, 7) is 2.28. The van der Waals surface area contributed by atoms with Crippen molar-refractivity contribution in [2.75, 3.05) is 0 Å². The number of amides is 1. The van der Waals surface area contributed by atoms with Crippen LogP contribution in [-0.4, -0.2) is 24.0 Å². The molecule has 2 bridgehead atoms. The van der Waals surface area contributed by atoms with Crippen LogP contribution >= 0.6 is 0 Å². The number of hydrogen-bond acceptors (Lipinski definition) is 3. The normalized spacial score (nSPS) is 49.2. The summed E-state index contributed by atoms with van der Waals surface area (Å²) in [4.78, 5) is 24.5. The Morgan fingerprint density at radius 3 is 2.70 bits per heavy atom. The summed E-state index contributed by atoms with van der Waals surface area (Å²) >= 11 is 0. The molecule has 0 aromatic carbocycles. The fourth-order valence-electron chi connectivity index (χ4n) is 5.07. The Morgan fingerprint density at radius 1 is 1.20 bits per heavy atom. The van der Waals surface area contributed by atoms with E-state index >= 15 is 0 Å². The maximum absolute atomic E-state index is 12.6. The van der Waals surface area contributed by atoms with Crippen LogP contribution in [0.2, 0.25) is 0 Å². The summed E-state index contributed by atoms with van der Waals surface area (Å²) in [6, 6.07) is 0.325. The molecular weight excluding hydrogens is 254 g/mol. The van der Waals surface area contributed by atoms with E-state index < -0.39 is 0 Å². The van der Waals surface area contributed by atoms with Gasteiger partial charge < -0.3 is 10.1 Å². The molecule has 4 fully saturated rings. The molecule has 1 heterocycles. The Hall–Kier alpha value is -1.06. The predicted molar refractivity (Wildman–Crippen MR) is 72.6 cm³/mol. The van der Waals surface area contributed by atoms with E-state index in [0.717, 1.165) is 31.6 Å². The Labute approximate surface area is 119 Å². The first-order valence-electron chi connectivity index (χ1n) is 8.14. The van der Waals surface area contributed by atoms with Gasteiger partial charge in [0.15, 0.2) is 0 Å². The molecule has 1 N–H and O–H groups in total. The second kappa shape index (κ2) is 4.47. The predicted octanol–water partition coefficient (Wildman–Crippen LogP) is 1.88. The molecule has 0 unspecified atom stereocenters. The van der Waals surface area contributed by atoms with Crippen molar-refractivity contribution in [1.82, 2.24) is 5.32 Å². The third kappa shape index (κ3) is 1.80. The average Bonchev–Trinajstić information content (AvgIpc) is 3.02. The molecule has 0 radical (unpaired) electrons. The number of ether oxygens (including phenoxy) is 1. The standard InChI is InChI=1S/C16H23NO3/c1-8-2-4-10(5-3-8)17-15(18)13-9-6-11-12(7-9)20-16(19)14(11)13/h8-14H,2-7H2,1H3,(H,17,18)/t8?,9-,10?,11+,12+,13-,14+/m1/s1. The van der Waals surface area contributed by atoms with Crippen LogP contribution in [0.1, 0.15) is 45.4 Å². The molecule has 1 aliphatic heterocycles. The lowest BCUT2D eigenvalue weighted by Gasteiger charge is -2.30. The highest BCUT2D eigenvalue weighted by atomic mass is 16.6. The molecule has 4 heteroatoms. The Bertz CT molecular complexity index is 439. The van der Waals surface area contributed by atoms with Crippen molar-refractivity contribution in [3.8, 4) is 0 Å². The van der Waals surface area contributed by atoms with Gasteiger partial charge in [0.25, 0.3) is 0 Å². The molecule has 20 heavy (non-hydrogen) atoms. The number of carbonyl (C=O) groups is 2. The van der Waals surface area contributed by atoms with Gasteiger partial charge in [0, 0.05) is 12.0 Å². The lowest BCUT2D eigenvalue weighted by molar-refractivity contribution is -0.146. The van der Waals surface area contributed by atoms with Crippen LogP contribution in [0.4, 0.5) is 0 Å². The zero-order chi connectivity index (χ0) is 13.9. The van der Waals surface area contributed by atoms with Gasteiger partial charge in [-0.3, -0.25) is 9.59 Å². The van der Waals surface area contributed by atoms with Crippen molar-refractivity contribution in [1.29, 1.82) is 0 Å². The highest BCUT2D eigenvalue weighted by Gasteiger charge is 2.63. The van der Waals surface area contributed by atoms with E-state index in [9.17, 15) is 9.59 Å². The number of nitrogens with one attached hydrogen (secondary N) is 1. The minimum absolute atomic E-state index is 0.106. The van der Waals surface area contributed by atoms with E-state index in [0.29, 0.717) is 17.9 Å². The van der Waals surface area contributed by atoms with Gasteiger partial charge in [0.05, 0.1) is 11.8 Å². The molecule has 5 atom stereocenters. The van der Waals surface area contributed by atoms with Gasteiger partial charge in [0.1, 0.15) is 6.10 Å². The van der Waals surface area contributed by atoms with Gasteiger partial charge in [-0.1, -0.05) is 6.92 Å². The third-order valence-electron chi connectivity index (χ3n) is 6.15. The number of hydrogen-bond donors (Lipinski definition) is 1. The Kier molecular flexibility index (Phi) is 2.83. The number of carbonyl (C=O) groups excluding carboxylic acids is 2. The zero-order valence-corrected chi connectivity index (χ0v) is 12.0. The second-order valence-corrected chi connectivity index (χ2v) is 7.39.